The predicted molar refractivity (Wildman–Crippen MR) is 73.6 cm³/mol. The van der Waals surface area contributed by atoms with Crippen molar-refractivity contribution in [3.8, 4) is 11.5 Å². The molecule has 0 aliphatic carbocycles. The van der Waals surface area contributed by atoms with Crippen molar-refractivity contribution in [1.82, 2.24) is 0 Å². The third-order valence-corrected chi connectivity index (χ3v) is 2.95. The summed E-state index contributed by atoms with van der Waals surface area (Å²) in [6.07, 6.45) is 0. The zero-order valence-corrected chi connectivity index (χ0v) is 10.8. The summed E-state index contributed by atoms with van der Waals surface area (Å²) in [5.74, 6) is 1.66. The van der Waals surface area contributed by atoms with E-state index in [1.165, 1.54) is 3.57 Å². The molecule has 0 fully saturated rings. The first-order valence-electron chi connectivity index (χ1n) is 5.01. The Labute approximate surface area is 109 Å². The number of hydrogen-bond donors (Lipinski definition) is 1. The van der Waals surface area contributed by atoms with E-state index in [1.807, 2.05) is 48.5 Å². The molecule has 2 nitrogen and oxygen atoms in total. The van der Waals surface area contributed by atoms with E-state index in [2.05, 4.69) is 22.6 Å². The van der Waals surface area contributed by atoms with Crippen LogP contribution in [0.3, 0.4) is 0 Å². The Morgan fingerprint density at radius 2 is 1.69 bits per heavy atom. The van der Waals surface area contributed by atoms with Crippen LogP contribution >= 0.6 is 22.6 Å². The number of ether oxygens (including phenoxy) is 1. The third-order valence-electron chi connectivity index (χ3n) is 2.23. The van der Waals surface area contributed by atoms with Gasteiger partial charge in [0.15, 0.2) is 0 Å². The van der Waals surface area contributed by atoms with Gasteiger partial charge in [0, 0.05) is 15.7 Å². The van der Waals surface area contributed by atoms with Gasteiger partial charge in [-0.1, -0.05) is 18.2 Å². The highest BCUT2D eigenvalue weighted by molar-refractivity contribution is 14.1. The van der Waals surface area contributed by atoms with E-state index >= 15 is 0 Å². The van der Waals surface area contributed by atoms with Gasteiger partial charge in [0.05, 0.1) is 0 Å². The monoisotopic (exact) mass is 325 g/mol. The SMILES string of the molecule is NCc1ccccc1Oc1ccc(I)cc1. The van der Waals surface area contributed by atoms with Gasteiger partial charge in [0.25, 0.3) is 0 Å². The van der Waals surface area contributed by atoms with Crippen LogP contribution in [0.2, 0.25) is 0 Å². The lowest BCUT2D eigenvalue weighted by Crippen LogP contribution is -1.98. The van der Waals surface area contributed by atoms with Crippen molar-refractivity contribution < 1.29 is 4.74 Å². The summed E-state index contributed by atoms with van der Waals surface area (Å²) in [6.45, 7) is 0.487. The highest BCUT2D eigenvalue weighted by Gasteiger charge is 2.02. The van der Waals surface area contributed by atoms with Gasteiger partial charge in [-0.25, -0.2) is 0 Å². The molecule has 0 amide bonds. The number of rotatable bonds is 3. The van der Waals surface area contributed by atoms with E-state index in [1.54, 1.807) is 0 Å². The molecule has 0 bridgehead atoms. The number of halogens is 1. The molecule has 16 heavy (non-hydrogen) atoms. The number of para-hydroxylation sites is 1. The Kier molecular flexibility index (Phi) is 3.79. The van der Waals surface area contributed by atoms with Crippen LogP contribution in [0.25, 0.3) is 0 Å². The van der Waals surface area contributed by atoms with Gasteiger partial charge < -0.3 is 10.5 Å². The molecule has 0 radical (unpaired) electrons. The van der Waals surface area contributed by atoms with Crippen LogP contribution in [0.15, 0.2) is 48.5 Å². The molecular weight excluding hydrogens is 313 g/mol. The largest absolute Gasteiger partial charge is 0.457 e. The highest BCUT2D eigenvalue weighted by atomic mass is 127. The molecule has 2 aromatic rings. The van der Waals surface area contributed by atoms with Crippen LogP contribution in [-0.2, 0) is 6.54 Å². The van der Waals surface area contributed by atoms with Gasteiger partial charge in [0.1, 0.15) is 11.5 Å². The normalized spacial score (nSPS) is 10.1. The van der Waals surface area contributed by atoms with Crippen molar-refractivity contribution in [1.29, 1.82) is 0 Å². The highest BCUT2D eigenvalue weighted by Crippen LogP contribution is 2.25. The van der Waals surface area contributed by atoms with Crippen LogP contribution in [0.1, 0.15) is 5.56 Å². The fourth-order valence-corrected chi connectivity index (χ4v) is 1.76. The molecule has 2 aromatic carbocycles. The number of nitrogens with two attached hydrogens (primary N) is 1. The van der Waals surface area contributed by atoms with Crippen LogP contribution in [0.4, 0.5) is 0 Å². The van der Waals surface area contributed by atoms with Gasteiger partial charge >= 0.3 is 0 Å². The van der Waals surface area contributed by atoms with Crippen molar-refractivity contribution in [2.24, 2.45) is 5.73 Å². The molecule has 0 aliphatic heterocycles. The second-order valence-electron chi connectivity index (χ2n) is 3.37. The molecule has 0 saturated carbocycles. The summed E-state index contributed by atoms with van der Waals surface area (Å²) in [4.78, 5) is 0. The Bertz CT molecular complexity index is 468. The fraction of sp³-hybridized carbons (Fsp3) is 0.0769. The van der Waals surface area contributed by atoms with E-state index in [-0.39, 0.29) is 0 Å². The molecule has 82 valence electrons. The predicted octanol–water partition coefficient (Wildman–Crippen LogP) is 3.54. The van der Waals surface area contributed by atoms with E-state index in [4.69, 9.17) is 10.5 Å². The zero-order chi connectivity index (χ0) is 11.4. The standard InChI is InChI=1S/C13H12INO/c14-11-5-7-12(8-6-11)16-13-4-2-1-3-10(13)9-15/h1-8H,9,15H2. The average Bonchev–Trinajstić information content (AvgIpc) is 2.33. The maximum atomic E-state index is 5.77. The first-order chi connectivity index (χ1) is 7.79. The summed E-state index contributed by atoms with van der Waals surface area (Å²) < 4.78 is 6.96. The molecule has 0 atom stereocenters. The van der Waals surface area contributed by atoms with Crippen molar-refractivity contribution in [3.05, 3.63) is 57.7 Å². The topological polar surface area (TPSA) is 35.2 Å². The molecule has 2 N–H and O–H groups in total. The van der Waals surface area contributed by atoms with Crippen molar-refractivity contribution in [3.63, 3.8) is 0 Å². The van der Waals surface area contributed by atoms with Crippen molar-refractivity contribution in [2.75, 3.05) is 0 Å². The van der Waals surface area contributed by atoms with Crippen molar-refractivity contribution >= 4 is 22.6 Å². The summed E-state index contributed by atoms with van der Waals surface area (Å²) in [5.41, 5.74) is 6.66. The van der Waals surface area contributed by atoms with Gasteiger partial charge in [-0.3, -0.25) is 0 Å². The van der Waals surface area contributed by atoms with E-state index in [0.717, 1.165) is 17.1 Å². The quantitative estimate of drug-likeness (QED) is 0.876. The number of benzene rings is 2. The summed E-state index contributed by atoms with van der Waals surface area (Å²) in [7, 11) is 0. The smallest absolute Gasteiger partial charge is 0.131 e. The van der Waals surface area contributed by atoms with E-state index < -0.39 is 0 Å². The number of hydrogen-bond acceptors (Lipinski definition) is 2. The minimum Gasteiger partial charge on any atom is -0.457 e. The maximum Gasteiger partial charge on any atom is 0.131 e. The molecule has 2 rings (SSSR count). The molecular formula is C13H12INO. The van der Waals surface area contributed by atoms with Crippen LogP contribution < -0.4 is 10.5 Å². The Hall–Kier alpha value is -1.07. The molecule has 0 aliphatic rings. The summed E-state index contributed by atoms with van der Waals surface area (Å²) >= 11 is 2.27. The lowest BCUT2D eigenvalue weighted by molar-refractivity contribution is 0.476. The lowest BCUT2D eigenvalue weighted by Gasteiger charge is -2.09. The molecule has 0 unspecified atom stereocenters. The Morgan fingerprint density at radius 3 is 2.38 bits per heavy atom. The molecule has 0 spiro atoms. The molecule has 0 heterocycles. The fourth-order valence-electron chi connectivity index (χ4n) is 1.40. The minimum atomic E-state index is 0.487. The van der Waals surface area contributed by atoms with Gasteiger partial charge in [-0.15, -0.1) is 0 Å². The second-order valence-corrected chi connectivity index (χ2v) is 4.61. The zero-order valence-electron chi connectivity index (χ0n) is 8.69. The molecule has 0 saturated heterocycles. The molecule has 0 aromatic heterocycles. The van der Waals surface area contributed by atoms with Crippen LogP contribution in [0.5, 0.6) is 11.5 Å². The lowest BCUT2D eigenvalue weighted by atomic mass is 10.2. The summed E-state index contributed by atoms with van der Waals surface area (Å²) in [6, 6.07) is 15.7. The van der Waals surface area contributed by atoms with Crippen LogP contribution in [-0.4, -0.2) is 0 Å². The first kappa shape index (κ1) is 11.4. The maximum absolute atomic E-state index is 5.77. The Balaban J connectivity index is 2.23. The van der Waals surface area contributed by atoms with E-state index in [0.29, 0.717) is 6.54 Å². The van der Waals surface area contributed by atoms with Gasteiger partial charge in [-0.05, 0) is 52.9 Å². The first-order valence-corrected chi connectivity index (χ1v) is 6.09. The third kappa shape index (κ3) is 2.74. The average molecular weight is 325 g/mol. The minimum absolute atomic E-state index is 0.487. The molecule has 3 heteroatoms. The second kappa shape index (κ2) is 5.32. The van der Waals surface area contributed by atoms with Gasteiger partial charge in [0.2, 0.25) is 0 Å². The van der Waals surface area contributed by atoms with Crippen LogP contribution in [0, 0.1) is 3.57 Å². The Morgan fingerprint density at radius 1 is 1.00 bits per heavy atom. The van der Waals surface area contributed by atoms with Crippen molar-refractivity contribution in [2.45, 2.75) is 6.54 Å². The van der Waals surface area contributed by atoms with E-state index in [9.17, 15) is 0 Å². The van der Waals surface area contributed by atoms with Gasteiger partial charge in [-0.2, -0.15) is 0 Å². The summed E-state index contributed by atoms with van der Waals surface area (Å²) in [5, 5.41) is 0.